The van der Waals surface area contributed by atoms with Gasteiger partial charge in [-0.25, -0.2) is 13.8 Å². The van der Waals surface area contributed by atoms with Crippen LogP contribution < -0.4 is 4.90 Å². The number of nitrogens with zero attached hydrogens (tertiary/aromatic N) is 5. The van der Waals surface area contributed by atoms with Crippen molar-refractivity contribution in [2.75, 3.05) is 11.4 Å². The summed E-state index contributed by atoms with van der Waals surface area (Å²) in [5.41, 5.74) is 1.60. The van der Waals surface area contributed by atoms with Crippen LogP contribution in [0.2, 0.25) is 0 Å². The predicted octanol–water partition coefficient (Wildman–Crippen LogP) is 3.29. The van der Waals surface area contributed by atoms with E-state index in [1.807, 2.05) is 17.7 Å². The Labute approximate surface area is 137 Å². The van der Waals surface area contributed by atoms with Crippen LogP contribution >= 0.6 is 0 Å². The van der Waals surface area contributed by atoms with Crippen LogP contribution in [0.3, 0.4) is 0 Å². The number of hydrogen-bond donors (Lipinski definition) is 0. The number of anilines is 1. The van der Waals surface area contributed by atoms with Crippen LogP contribution in [0.15, 0.2) is 24.5 Å². The van der Waals surface area contributed by atoms with Gasteiger partial charge in [0.05, 0.1) is 6.04 Å². The molecule has 1 atom stereocenters. The highest BCUT2D eigenvalue weighted by Crippen LogP contribution is 2.39. The smallest absolute Gasteiger partial charge is 0.185 e. The molecule has 0 saturated carbocycles. The molecule has 5 nitrogen and oxygen atoms in total. The zero-order valence-electron chi connectivity index (χ0n) is 13.5. The summed E-state index contributed by atoms with van der Waals surface area (Å²) in [6, 6.07) is 4.75. The fourth-order valence-corrected chi connectivity index (χ4v) is 3.50. The maximum absolute atomic E-state index is 14.2. The first-order valence-corrected chi connectivity index (χ1v) is 7.92. The van der Waals surface area contributed by atoms with Gasteiger partial charge in [0.25, 0.3) is 0 Å². The number of benzene rings is 1. The Kier molecular flexibility index (Phi) is 3.44. The van der Waals surface area contributed by atoms with Crippen LogP contribution in [-0.4, -0.2) is 26.3 Å². The molecule has 0 N–H and O–H groups in total. The van der Waals surface area contributed by atoms with E-state index in [0.29, 0.717) is 11.1 Å². The van der Waals surface area contributed by atoms with E-state index < -0.39 is 11.6 Å². The topological polar surface area (TPSA) is 46.8 Å². The monoisotopic (exact) mass is 329 g/mol. The molecule has 1 unspecified atom stereocenters. The van der Waals surface area contributed by atoms with E-state index in [0.717, 1.165) is 37.0 Å². The lowest BCUT2D eigenvalue weighted by Gasteiger charge is -2.27. The molecule has 0 amide bonds. The summed E-state index contributed by atoms with van der Waals surface area (Å²) >= 11 is 0. The van der Waals surface area contributed by atoms with E-state index in [4.69, 9.17) is 0 Å². The van der Waals surface area contributed by atoms with E-state index in [1.165, 1.54) is 0 Å². The van der Waals surface area contributed by atoms with Crippen LogP contribution in [0.25, 0.3) is 10.9 Å². The second kappa shape index (κ2) is 5.51. The molecule has 0 spiro atoms. The first-order valence-electron chi connectivity index (χ1n) is 7.92. The average Bonchev–Trinajstić information content (AvgIpc) is 3.19. The molecule has 1 aliphatic heterocycles. The molecule has 1 aromatic carbocycles. The first-order chi connectivity index (χ1) is 11.6. The highest BCUT2D eigenvalue weighted by Gasteiger charge is 2.31. The van der Waals surface area contributed by atoms with Crippen molar-refractivity contribution in [1.82, 2.24) is 19.7 Å². The minimum Gasteiger partial charge on any atom is -0.361 e. The van der Waals surface area contributed by atoms with E-state index in [2.05, 4.69) is 20.1 Å². The molecule has 1 saturated heterocycles. The summed E-state index contributed by atoms with van der Waals surface area (Å²) in [7, 11) is 1.91. The van der Waals surface area contributed by atoms with Crippen molar-refractivity contribution >= 4 is 16.6 Å². The molecule has 124 valence electrons. The molecule has 0 aliphatic carbocycles. The van der Waals surface area contributed by atoms with Crippen LogP contribution in [0, 0.1) is 18.6 Å². The maximum atomic E-state index is 14.2. The molecule has 24 heavy (non-hydrogen) atoms. The van der Waals surface area contributed by atoms with Gasteiger partial charge in [-0.3, -0.25) is 0 Å². The van der Waals surface area contributed by atoms with Gasteiger partial charge in [-0.2, -0.15) is 0 Å². The molecule has 7 heteroatoms. The number of aryl methyl sites for hydroxylation is 2. The van der Waals surface area contributed by atoms with Crippen LogP contribution in [0.5, 0.6) is 0 Å². The van der Waals surface area contributed by atoms with Gasteiger partial charge in [-0.1, -0.05) is 0 Å². The highest BCUT2D eigenvalue weighted by molar-refractivity contribution is 5.92. The summed E-state index contributed by atoms with van der Waals surface area (Å²) in [6.45, 7) is 2.62. The summed E-state index contributed by atoms with van der Waals surface area (Å²) in [5, 5.41) is 8.81. The SMILES string of the molecule is Cc1cc(N2CCCC2c2nncn2C)c2ccc(F)c(F)c2n1. The Balaban J connectivity index is 1.89. The van der Waals surface area contributed by atoms with Crippen LogP contribution in [0.1, 0.15) is 30.4 Å². The Hall–Kier alpha value is -2.57. The summed E-state index contributed by atoms with van der Waals surface area (Å²) in [6.07, 6.45) is 3.62. The normalized spacial score (nSPS) is 17.8. The second-order valence-electron chi connectivity index (χ2n) is 6.19. The molecule has 2 aromatic heterocycles. The Bertz CT molecular complexity index is 921. The van der Waals surface area contributed by atoms with Crippen molar-refractivity contribution in [1.29, 1.82) is 0 Å². The molecule has 1 aliphatic rings. The van der Waals surface area contributed by atoms with Gasteiger partial charge in [-0.05, 0) is 38.0 Å². The quantitative estimate of drug-likeness (QED) is 0.724. The minimum atomic E-state index is -0.896. The highest BCUT2D eigenvalue weighted by atomic mass is 19.2. The second-order valence-corrected chi connectivity index (χ2v) is 6.19. The minimum absolute atomic E-state index is 0.0654. The van der Waals surface area contributed by atoms with Gasteiger partial charge >= 0.3 is 0 Å². The van der Waals surface area contributed by atoms with Crippen LogP contribution in [0.4, 0.5) is 14.5 Å². The summed E-state index contributed by atoms with van der Waals surface area (Å²) < 4.78 is 29.7. The number of rotatable bonds is 2. The van der Waals surface area contributed by atoms with E-state index in [1.54, 1.807) is 19.3 Å². The standard InChI is InChI=1S/C17H17F2N5/c1-10-8-14(11-5-6-12(18)15(19)16(11)21-10)24-7-3-4-13(24)17-22-20-9-23(17)2/h5-6,8-9,13H,3-4,7H2,1-2H3. The fourth-order valence-electron chi connectivity index (χ4n) is 3.50. The zero-order valence-corrected chi connectivity index (χ0v) is 13.5. The molecule has 3 heterocycles. The Morgan fingerprint density at radius 3 is 2.83 bits per heavy atom. The maximum Gasteiger partial charge on any atom is 0.185 e. The molecule has 3 aromatic rings. The number of halogens is 2. The van der Waals surface area contributed by atoms with Crippen molar-refractivity contribution < 1.29 is 8.78 Å². The van der Waals surface area contributed by atoms with Gasteiger partial charge in [-0.15, -0.1) is 10.2 Å². The van der Waals surface area contributed by atoms with Crippen LogP contribution in [-0.2, 0) is 7.05 Å². The Morgan fingerprint density at radius 1 is 1.25 bits per heavy atom. The molecule has 0 bridgehead atoms. The van der Waals surface area contributed by atoms with Crippen molar-refractivity contribution in [3.05, 3.63) is 47.7 Å². The predicted molar refractivity (Wildman–Crippen MR) is 86.7 cm³/mol. The van der Waals surface area contributed by atoms with Crippen molar-refractivity contribution in [2.24, 2.45) is 7.05 Å². The third-order valence-corrected chi connectivity index (χ3v) is 4.59. The van der Waals surface area contributed by atoms with Gasteiger partial charge in [0.15, 0.2) is 17.5 Å². The third-order valence-electron chi connectivity index (χ3n) is 4.59. The molecular weight excluding hydrogens is 312 g/mol. The van der Waals surface area contributed by atoms with Crippen molar-refractivity contribution in [2.45, 2.75) is 25.8 Å². The van der Waals surface area contributed by atoms with Crippen molar-refractivity contribution in [3.8, 4) is 0 Å². The third kappa shape index (κ3) is 2.23. The largest absolute Gasteiger partial charge is 0.361 e. The molecule has 4 rings (SSSR count). The number of hydrogen-bond acceptors (Lipinski definition) is 4. The summed E-state index contributed by atoms with van der Waals surface area (Å²) in [4.78, 5) is 6.39. The van der Waals surface area contributed by atoms with E-state index in [-0.39, 0.29) is 11.6 Å². The van der Waals surface area contributed by atoms with Gasteiger partial charge < -0.3 is 9.47 Å². The van der Waals surface area contributed by atoms with Gasteiger partial charge in [0.1, 0.15) is 11.8 Å². The van der Waals surface area contributed by atoms with E-state index in [9.17, 15) is 8.78 Å². The zero-order chi connectivity index (χ0) is 16.8. The molecular formula is C17H17F2N5. The lowest BCUT2D eigenvalue weighted by atomic mass is 10.1. The fraction of sp³-hybridized carbons (Fsp3) is 0.353. The molecule has 1 fully saturated rings. The number of pyridine rings is 1. The number of fused-ring (bicyclic) bond motifs is 1. The lowest BCUT2D eigenvalue weighted by Crippen LogP contribution is -2.25. The number of aromatic nitrogens is 4. The molecule has 0 radical (unpaired) electrons. The Morgan fingerprint density at radius 2 is 2.08 bits per heavy atom. The first kappa shape index (κ1) is 15.0. The lowest BCUT2D eigenvalue weighted by molar-refractivity contribution is 0.515. The van der Waals surface area contributed by atoms with E-state index >= 15 is 0 Å². The van der Waals surface area contributed by atoms with Crippen molar-refractivity contribution in [3.63, 3.8) is 0 Å². The average molecular weight is 329 g/mol. The summed E-state index contributed by atoms with van der Waals surface area (Å²) in [5.74, 6) is -0.901. The van der Waals surface area contributed by atoms with Gasteiger partial charge in [0, 0.05) is 30.4 Å². The van der Waals surface area contributed by atoms with Gasteiger partial charge in [0.2, 0.25) is 0 Å².